The molecule has 8 rings (SSSR count). The number of hydrogen-bond acceptors (Lipinski definition) is 8. The molecule has 0 saturated heterocycles. The molecule has 0 atom stereocenters. The second-order valence-electron chi connectivity index (χ2n) is 10.8. The maximum atomic E-state index is 9.51. The van der Waals surface area contributed by atoms with E-state index >= 15 is 0 Å². The summed E-state index contributed by atoms with van der Waals surface area (Å²) in [4.78, 5) is 16.4. The van der Waals surface area contributed by atoms with E-state index in [-0.39, 0.29) is 0 Å². The van der Waals surface area contributed by atoms with Gasteiger partial charge in [0.05, 0.1) is 54.7 Å². The van der Waals surface area contributed by atoms with Crippen LogP contribution in [0.2, 0.25) is 5.15 Å². The fraction of sp³-hybridized carbons (Fsp3) is 0.226. The lowest BCUT2D eigenvalue weighted by Crippen LogP contribution is -1.99. The summed E-state index contributed by atoms with van der Waals surface area (Å²) in [5.74, 6) is 2.16. The van der Waals surface area contributed by atoms with Gasteiger partial charge in [-0.05, 0) is 89.7 Å². The van der Waals surface area contributed by atoms with Gasteiger partial charge in [-0.1, -0.05) is 23.7 Å². The number of imidazole rings is 2. The van der Waals surface area contributed by atoms with Gasteiger partial charge in [-0.3, -0.25) is 4.57 Å². The van der Waals surface area contributed by atoms with Crippen molar-refractivity contribution in [3.63, 3.8) is 0 Å². The molecular weight excluding hydrogens is 717 g/mol. The van der Waals surface area contributed by atoms with Gasteiger partial charge in [0.1, 0.15) is 11.6 Å². The van der Waals surface area contributed by atoms with E-state index in [0.29, 0.717) is 34.5 Å². The van der Waals surface area contributed by atoms with Crippen LogP contribution >= 0.6 is 50.5 Å². The van der Waals surface area contributed by atoms with E-state index in [0.717, 1.165) is 70.5 Å². The minimum absolute atomic E-state index is 0.351. The molecule has 0 aliphatic heterocycles. The number of halogens is 4. The van der Waals surface area contributed by atoms with E-state index < -0.39 is 5.20 Å². The summed E-state index contributed by atoms with van der Waals surface area (Å²) in [7, 11) is 1.57. The lowest BCUT2D eigenvalue weighted by molar-refractivity contribution is 0.392. The highest BCUT2D eigenvalue weighted by Gasteiger charge is 2.30. The molecule has 242 valence electrons. The predicted molar refractivity (Wildman–Crippen MR) is 187 cm³/mol. The normalized spacial score (nSPS) is 13.9. The molecule has 0 radical (unpaired) electrons. The first-order valence-electron chi connectivity index (χ1n) is 14.4. The number of nitrogens with zero attached hydrogens (tertiary/aromatic N) is 10. The molecule has 4 aromatic heterocycles. The van der Waals surface area contributed by atoms with E-state index in [9.17, 15) is 4.57 Å². The Hall–Kier alpha value is -4.29. The lowest BCUT2D eigenvalue weighted by Gasteiger charge is -2.08. The molecule has 6 aromatic rings. The monoisotopic (exact) mass is 738 g/mol. The summed E-state index contributed by atoms with van der Waals surface area (Å²) in [6, 6.07) is 15.7. The summed E-state index contributed by atoms with van der Waals surface area (Å²) in [6.45, 7) is 14.4. The maximum absolute atomic E-state index is 9.51. The predicted octanol–water partition coefficient (Wildman–Crippen LogP) is 10.2. The minimum Gasteiger partial charge on any atom is -0.480 e. The smallest absolute Gasteiger partial charge is 0.339 e. The summed E-state index contributed by atoms with van der Waals surface area (Å²) in [6.07, 6.45) is 7.90. The zero-order valence-corrected chi connectivity index (χ0v) is 28.9. The van der Waals surface area contributed by atoms with Crippen molar-refractivity contribution in [3.8, 4) is 28.7 Å². The molecule has 2 fully saturated rings. The average Bonchev–Trinajstić information content (AvgIpc) is 4.02. The molecule has 0 unspecified atom stereocenters. The van der Waals surface area contributed by atoms with Gasteiger partial charge in [-0.2, -0.15) is 10.2 Å². The molecule has 0 spiro atoms. The minimum atomic E-state index is -3.22. The highest BCUT2D eigenvalue weighted by molar-refractivity contribution is 8.24. The topological polar surface area (TPSA) is 122 Å². The Bertz CT molecular complexity index is 2280. The maximum Gasteiger partial charge on any atom is 0.339 e. The summed E-state index contributed by atoms with van der Waals surface area (Å²) in [5.41, 5.74) is 6.76. The Balaban J connectivity index is 0.000000147. The Morgan fingerprint density at radius 2 is 1.23 bits per heavy atom. The number of rotatable bonds is 5. The fourth-order valence-electron chi connectivity index (χ4n) is 5.15. The van der Waals surface area contributed by atoms with Gasteiger partial charge in [-0.15, -0.1) is 10.2 Å². The molecule has 0 amide bonds. The molecule has 0 N–H and O–H groups in total. The number of aromatic nitrogens is 8. The number of methoxy groups -OCH3 is 1. The number of fused-ring (bicyclic) bond motifs is 2. The lowest BCUT2D eigenvalue weighted by atomic mass is 10.2. The first-order valence-corrected chi connectivity index (χ1v) is 19.2. The van der Waals surface area contributed by atoms with Gasteiger partial charge in [0.15, 0.2) is 16.5 Å². The Morgan fingerprint density at radius 3 is 1.65 bits per heavy atom. The quantitative estimate of drug-likeness (QED) is 0.126. The van der Waals surface area contributed by atoms with Gasteiger partial charge in [0.2, 0.25) is 5.88 Å². The van der Waals surface area contributed by atoms with Gasteiger partial charge >= 0.3 is 5.20 Å². The van der Waals surface area contributed by atoms with Gasteiger partial charge in [-0.25, -0.2) is 19.7 Å². The number of benzene rings is 2. The Morgan fingerprint density at radius 1 is 0.771 bits per heavy atom. The average molecular weight is 740 g/mol. The van der Waals surface area contributed by atoms with Crippen LogP contribution in [0.3, 0.4) is 0 Å². The van der Waals surface area contributed by atoms with E-state index in [2.05, 4.69) is 72.9 Å². The zero-order valence-electron chi connectivity index (χ0n) is 25.0. The van der Waals surface area contributed by atoms with Crippen LogP contribution in [0, 0.1) is 13.1 Å². The standard InChI is InChI=1S/C16H13N5O.C15H10ClN5.Cl3OP/c1-17-11-3-6-13-14(8-11)21(12-4-5-12)16(19-13)10-7-15(22-2)20-18-9-10;1-17-10-2-5-12-13(7-10)21(11-3-4-11)15(19-12)9-6-14(16)20-18-8-9;1-5(2,3)4/h3,6-9,12H,4-5H2,2H3;2,5-8,11H,3-4H2;. The third kappa shape index (κ3) is 7.87. The van der Waals surface area contributed by atoms with Crippen LogP contribution in [0.25, 0.3) is 54.5 Å². The van der Waals surface area contributed by atoms with Crippen molar-refractivity contribution in [3.05, 3.63) is 88.9 Å². The van der Waals surface area contributed by atoms with Crippen molar-refractivity contribution in [2.75, 3.05) is 7.11 Å². The summed E-state index contributed by atoms with van der Waals surface area (Å²) in [5, 5.41) is 12.7. The molecule has 17 heteroatoms. The highest BCUT2D eigenvalue weighted by atomic mass is 36.0. The van der Waals surface area contributed by atoms with Gasteiger partial charge in [0.25, 0.3) is 0 Å². The van der Waals surface area contributed by atoms with Crippen molar-refractivity contribution in [2.24, 2.45) is 0 Å². The molecular formula is C31H23Cl4N10O2P. The SMILES string of the molecule is O=P(Cl)(Cl)Cl.[C-]#[N+]c1ccc2nc(-c3cnnc(Cl)c3)n(C3CC3)c2c1.[C-]#[N+]c1ccc2nc(-c3cnnc(OC)c3)n(C3CC3)c2c1. The largest absolute Gasteiger partial charge is 0.480 e. The number of ether oxygens (including phenoxy) is 1. The third-order valence-electron chi connectivity index (χ3n) is 7.41. The van der Waals surface area contributed by atoms with Crippen LogP contribution in [0.15, 0.2) is 60.9 Å². The molecule has 48 heavy (non-hydrogen) atoms. The van der Waals surface area contributed by atoms with E-state index in [1.54, 1.807) is 37.7 Å². The molecule has 12 nitrogen and oxygen atoms in total. The molecule has 2 aromatic carbocycles. The first-order chi connectivity index (χ1) is 23.1. The van der Waals surface area contributed by atoms with Crippen LogP contribution in [-0.4, -0.2) is 46.6 Å². The molecule has 4 heterocycles. The first kappa shape index (κ1) is 33.6. The van der Waals surface area contributed by atoms with Crippen molar-refractivity contribution in [1.82, 2.24) is 39.5 Å². The van der Waals surface area contributed by atoms with E-state index in [1.807, 2.05) is 30.3 Å². The number of hydrogen-bond donors (Lipinski definition) is 0. The van der Waals surface area contributed by atoms with Crippen LogP contribution in [0.1, 0.15) is 37.8 Å². The molecule has 2 saturated carbocycles. The fourth-order valence-corrected chi connectivity index (χ4v) is 5.31. The van der Waals surface area contributed by atoms with Crippen LogP contribution in [0.4, 0.5) is 11.4 Å². The molecule has 2 aliphatic rings. The molecule has 2 aliphatic carbocycles. The van der Waals surface area contributed by atoms with Crippen LogP contribution < -0.4 is 4.74 Å². The summed E-state index contributed by atoms with van der Waals surface area (Å²) < 4.78 is 19.1. The van der Waals surface area contributed by atoms with Crippen LogP contribution in [0.5, 0.6) is 5.88 Å². The zero-order chi connectivity index (χ0) is 34.0. The van der Waals surface area contributed by atoms with E-state index in [4.69, 9.17) is 39.5 Å². The van der Waals surface area contributed by atoms with Crippen LogP contribution in [-0.2, 0) is 4.57 Å². The van der Waals surface area contributed by atoms with Gasteiger partial charge in [0, 0.05) is 29.3 Å². The van der Waals surface area contributed by atoms with Crippen molar-refractivity contribution >= 4 is 84.0 Å². The second kappa shape index (κ2) is 14.1. The Kier molecular flexibility index (Phi) is 9.84. The molecule has 0 bridgehead atoms. The second-order valence-corrected chi connectivity index (χ2v) is 17.8. The Labute approximate surface area is 294 Å². The highest BCUT2D eigenvalue weighted by Crippen LogP contribution is 2.61. The van der Waals surface area contributed by atoms with Crippen molar-refractivity contribution < 1.29 is 9.30 Å². The summed E-state index contributed by atoms with van der Waals surface area (Å²) >= 11 is 19.8. The van der Waals surface area contributed by atoms with Crippen molar-refractivity contribution in [1.29, 1.82) is 0 Å². The third-order valence-corrected chi connectivity index (χ3v) is 7.60. The van der Waals surface area contributed by atoms with Crippen molar-refractivity contribution in [2.45, 2.75) is 37.8 Å². The van der Waals surface area contributed by atoms with Gasteiger partial charge < -0.3 is 13.9 Å². The van der Waals surface area contributed by atoms with E-state index in [1.165, 1.54) is 0 Å².